The molecule has 0 saturated heterocycles. The number of fused-ring (bicyclic) bond motifs is 1. The molecule has 0 radical (unpaired) electrons. The lowest BCUT2D eigenvalue weighted by atomic mass is 9.95. The van der Waals surface area contributed by atoms with Gasteiger partial charge in [-0.2, -0.15) is 0 Å². The van der Waals surface area contributed by atoms with Crippen molar-refractivity contribution in [1.82, 2.24) is 4.57 Å². The Hall–Kier alpha value is -2.89. The van der Waals surface area contributed by atoms with Crippen LogP contribution in [-0.2, 0) is 16.1 Å². The Labute approximate surface area is 284 Å². The molecule has 0 bridgehead atoms. The summed E-state index contributed by atoms with van der Waals surface area (Å²) in [5.74, 6) is 0.596. The predicted molar refractivity (Wildman–Crippen MR) is 181 cm³/mol. The van der Waals surface area contributed by atoms with Crippen molar-refractivity contribution in [1.29, 1.82) is 0 Å². The van der Waals surface area contributed by atoms with Crippen LogP contribution >= 0.6 is 66.4 Å². The number of rotatable bonds is 8. The van der Waals surface area contributed by atoms with E-state index in [1.807, 2.05) is 36.4 Å². The van der Waals surface area contributed by atoms with Gasteiger partial charge in [0.2, 0.25) is 0 Å². The highest BCUT2D eigenvalue weighted by atomic mass is 79.9. The highest BCUT2D eigenvalue weighted by Gasteiger charge is 2.35. The number of methoxy groups -OCH3 is 1. The summed E-state index contributed by atoms with van der Waals surface area (Å²) in [6.45, 7) is 5.56. The van der Waals surface area contributed by atoms with Crippen molar-refractivity contribution in [3.63, 3.8) is 0 Å². The summed E-state index contributed by atoms with van der Waals surface area (Å²) in [6.07, 6.45) is 1.43. The van der Waals surface area contributed by atoms with Crippen LogP contribution in [0.5, 0.6) is 11.5 Å². The molecule has 4 aromatic rings. The predicted octanol–water partition coefficient (Wildman–Crippen LogP) is 7.61. The molecule has 228 valence electrons. The summed E-state index contributed by atoms with van der Waals surface area (Å²) in [5, 5.41) is 1.08. The molecule has 1 aromatic heterocycles. The summed E-state index contributed by atoms with van der Waals surface area (Å²) >= 11 is 20.6. The largest absolute Gasteiger partial charge is 0.496 e. The van der Waals surface area contributed by atoms with Crippen molar-refractivity contribution in [2.45, 2.75) is 39.5 Å². The molecule has 0 unspecified atom stereocenters. The van der Waals surface area contributed by atoms with Crippen LogP contribution in [-0.4, -0.2) is 23.8 Å². The molecule has 0 aliphatic carbocycles. The number of hydrogen-bond donors (Lipinski definition) is 0. The van der Waals surface area contributed by atoms with Gasteiger partial charge >= 0.3 is 5.97 Å². The SMILES string of the molecule is COc1ccc(Br)cc1[C@@H]1C(C(=O)OC(C)C)=C(C)N=c2s/c(=C\c3ccc(OCc4ccc(Cl)cc4Cl)c(Br)c3)c(=O)n21. The number of benzene rings is 3. The maximum Gasteiger partial charge on any atom is 0.338 e. The number of aromatic nitrogens is 1. The molecule has 7 nitrogen and oxygen atoms in total. The summed E-state index contributed by atoms with van der Waals surface area (Å²) in [7, 11) is 1.55. The third-order valence-electron chi connectivity index (χ3n) is 6.72. The number of carbonyl (C=O) groups is 1. The lowest BCUT2D eigenvalue weighted by molar-refractivity contribution is -0.143. The molecule has 0 amide bonds. The molecule has 0 fully saturated rings. The average molecular weight is 781 g/mol. The fourth-order valence-electron chi connectivity index (χ4n) is 4.74. The van der Waals surface area contributed by atoms with Crippen LogP contribution in [0.4, 0.5) is 0 Å². The molecule has 1 aliphatic rings. The number of carbonyl (C=O) groups excluding carboxylic acids is 1. The normalized spacial score (nSPS) is 14.8. The van der Waals surface area contributed by atoms with E-state index < -0.39 is 12.0 Å². The fourth-order valence-corrected chi connectivity index (χ4v) is 7.14. The minimum atomic E-state index is -0.811. The van der Waals surface area contributed by atoms with Gasteiger partial charge in [0.1, 0.15) is 24.1 Å². The van der Waals surface area contributed by atoms with Crippen molar-refractivity contribution >= 4 is 78.4 Å². The van der Waals surface area contributed by atoms with E-state index in [0.29, 0.717) is 46.6 Å². The first kappa shape index (κ1) is 32.5. The van der Waals surface area contributed by atoms with Crippen LogP contribution in [0.3, 0.4) is 0 Å². The highest BCUT2D eigenvalue weighted by molar-refractivity contribution is 9.10. The van der Waals surface area contributed by atoms with E-state index in [9.17, 15) is 9.59 Å². The van der Waals surface area contributed by atoms with Gasteiger partial charge in [0.25, 0.3) is 5.56 Å². The zero-order chi connectivity index (χ0) is 31.7. The second-order valence-electron chi connectivity index (χ2n) is 10.1. The Morgan fingerprint density at radius 3 is 2.52 bits per heavy atom. The maximum absolute atomic E-state index is 14.0. The van der Waals surface area contributed by atoms with E-state index in [0.717, 1.165) is 15.6 Å². The first-order valence-electron chi connectivity index (χ1n) is 13.4. The van der Waals surface area contributed by atoms with Gasteiger partial charge in [0, 0.05) is 25.6 Å². The Morgan fingerprint density at radius 1 is 1.09 bits per heavy atom. The zero-order valence-electron chi connectivity index (χ0n) is 24.0. The summed E-state index contributed by atoms with van der Waals surface area (Å²) in [4.78, 5) is 32.6. The lowest BCUT2D eigenvalue weighted by Gasteiger charge is -2.26. The van der Waals surface area contributed by atoms with Gasteiger partial charge in [-0.05, 0) is 90.8 Å². The van der Waals surface area contributed by atoms with Crippen molar-refractivity contribution in [3.8, 4) is 11.5 Å². The number of hydrogen-bond acceptors (Lipinski definition) is 7. The van der Waals surface area contributed by atoms with Gasteiger partial charge < -0.3 is 14.2 Å². The summed E-state index contributed by atoms with van der Waals surface area (Å²) < 4.78 is 20.7. The standard InChI is InChI=1S/C32H26Br2Cl2N2O5S/c1-16(2)43-31(40)28-17(3)37-32-38(29(28)22-13-20(33)7-10-25(22)41-4)30(39)27(44-32)12-18-5-9-26(23(34)11-18)42-15-19-6-8-21(35)14-24(19)36/h5-14,16,29H,15H2,1-4H3/b27-12-/t29-/m1/s1. The number of thiazole rings is 1. The quantitative estimate of drug-likeness (QED) is 0.172. The van der Waals surface area contributed by atoms with E-state index in [-0.39, 0.29) is 23.8 Å². The van der Waals surface area contributed by atoms with Crippen molar-refractivity contribution in [3.05, 3.63) is 121 Å². The third-order valence-corrected chi connectivity index (χ3v) is 9.41. The molecule has 0 saturated carbocycles. The van der Waals surface area contributed by atoms with Gasteiger partial charge in [-0.15, -0.1) is 0 Å². The van der Waals surface area contributed by atoms with Gasteiger partial charge in [-0.25, -0.2) is 9.79 Å². The Kier molecular flexibility index (Phi) is 10.1. The molecule has 0 spiro atoms. The Morgan fingerprint density at radius 2 is 1.84 bits per heavy atom. The fraction of sp³-hybridized carbons (Fsp3) is 0.219. The minimum absolute atomic E-state index is 0.256. The van der Waals surface area contributed by atoms with Crippen molar-refractivity contribution in [2.24, 2.45) is 4.99 Å². The summed E-state index contributed by atoms with van der Waals surface area (Å²) in [6, 6.07) is 15.4. The van der Waals surface area contributed by atoms with Gasteiger partial charge in [-0.3, -0.25) is 9.36 Å². The smallest absolute Gasteiger partial charge is 0.338 e. The number of esters is 1. The first-order chi connectivity index (χ1) is 21.0. The number of ether oxygens (including phenoxy) is 3. The molecule has 2 heterocycles. The topological polar surface area (TPSA) is 79.1 Å². The van der Waals surface area contributed by atoms with Crippen molar-refractivity contribution < 1.29 is 19.0 Å². The van der Waals surface area contributed by atoms with Crippen LogP contribution in [0.2, 0.25) is 10.0 Å². The van der Waals surface area contributed by atoms with Crippen LogP contribution in [0.1, 0.15) is 43.5 Å². The van der Waals surface area contributed by atoms with Crippen LogP contribution < -0.4 is 24.4 Å². The van der Waals surface area contributed by atoms with Crippen LogP contribution in [0.25, 0.3) is 6.08 Å². The first-order valence-corrected chi connectivity index (χ1v) is 16.6. The van der Waals surface area contributed by atoms with E-state index >= 15 is 0 Å². The molecule has 44 heavy (non-hydrogen) atoms. The summed E-state index contributed by atoms with van der Waals surface area (Å²) in [5.41, 5.74) is 2.66. The molecule has 3 aromatic carbocycles. The molecule has 1 aliphatic heterocycles. The lowest BCUT2D eigenvalue weighted by Crippen LogP contribution is -2.40. The van der Waals surface area contributed by atoms with E-state index in [2.05, 4.69) is 36.9 Å². The molecule has 1 atom stereocenters. The third kappa shape index (κ3) is 6.84. The van der Waals surface area contributed by atoms with E-state index in [4.69, 9.17) is 37.4 Å². The van der Waals surface area contributed by atoms with E-state index in [1.54, 1.807) is 52.2 Å². The Bertz CT molecular complexity index is 1990. The second-order valence-corrected chi connectivity index (χ2v) is 13.8. The molecule has 0 N–H and O–H groups in total. The van der Waals surface area contributed by atoms with Crippen LogP contribution in [0, 0.1) is 0 Å². The van der Waals surface area contributed by atoms with E-state index in [1.165, 1.54) is 15.9 Å². The van der Waals surface area contributed by atoms with Gasteiger partial charge in [0.05, 0.1) is 33.5 Å². The molecule has 5 rings (SSSR count). The monoisotopic (exact) mass is 778 g/mol. The molecular weight excluding hydrogens is 755 g/mol. The number of halogens is 4. The number of nitrogens with zero attached hydrogens (tertiary/aromatic N) is 2. The Balaban J connectivity index is 1.56. The van der Waals surface area contributed by atoms with Crippen molar-refractivity contribution in [2.75, 3.05) is 7.11 Å². The zero-order valence-corrected chi connectivity index (χ0v) is 29.5. The highest BCUT2D eigenvalue weighted by Crippen LogP contribution is 2.37. The van der Waals surface area contributed by atoms with Gasteiger partial charge in [0.15, 0.2) is 4.80 Å². The van der Waals surface area contributed by atoms with Crippen LogP contribution in [0.15, 0.2) is 84.6 Å². The molecular formula is C32H26Br2Cl2N2O5S. The minimum Gasteiger partial charge on any atom is -0.496 e. The maximum atomic E-state index is 14.0. The number of allylic oxidation sites excluding steroid dienone is 1. The molecule has 12 heteroatoms. The second kappa shape index (κ2) is 13.6. The average Bonchev–Trinajstić information content (AvgIpc) is 3.26. The van der Waals surface area contributed by atoms with Gasteiger partial charge in [-0.1, -0.05) is 62.6 Å².